The van der Waals surface area contributed by atoms with Crippen LogP contribution in [0.15, 0.2) is 48.5 Å². The number of nitrogens with one attached hydrogen (secondary N) is 1. The predicted molar refractivity (Wildman–Crippen MR) is 113 cm³/mol. The Bertz CT molecular complexity index is 1000. The molecule has 168 valence electrons. The number of nitrogens with zero attached hydrogens (tertiary/aromatic N) is 2. The van der Waals surface area contributed by atoms with Crippen molar-refractivity contribution in [3.63, 3.8) is 0 Å². The van der Waals surface area contributed by atoms with Gasteiger partial charge in [0.15, 0.2) is 0 Å². The van der Waals surface area contributed by atoms with Crippen LogP contribution in [0.25, 0.3) is 0 Å². The third-order valence-electron chi connectivity index (χ3n) is 4.94. The molecule has 0 bridgehead atoms. The number of halogens is 4. The van der Waals surface area contributed by atoms with E-state index in [0.29, 0.717) is 31.2 Å². The highest BCUT2D eigenvalue weighted by Gasteiger charge is 2.30. The molecule has 1 aliphatic heterocycles. The lowest BCUT2D eigenvalue weighted by molar-refractivity contribution is -0.137. The molecule has 2 aromatic rings. The van der Waals surface area contributed by atoms with Gasteiger partial charge in [0.2, 0.25) is 10.0 Å². The van der Waals surface area contributed by atoms with Gasteiger partial charge in [0, 0.05) is 49.0 Å². The molecule has 0 unspecified atom stereocenters. The van der Waals surface area contributed by atoms with Crippen LogP contribution in [-0.2, 0) is 16.2 Å². The first-order valence-corrected chi connectivity index (χ1v) is 11.5. The van der Waals surface area contributed by atoms with Crippen LogP contribution in [0.3, 0.4) is 0 Å². The highest BCUT2D eigenvalue weighted by molar-refractivity contribution is 7.89. The second-order valence-corrected chi connectivity index (χ2v) is 9.53. The molecule has 1 N–H and O–H groups in total. The van der Waals surface area contributed by atoms with E-state index in [1.165, 1.54) is 4.31 Å². The highest BCUT2D eigenvalue weighted by Crippen LogP contribution is 2.29. The van der Waals surface area contributed by atoms with Gasteiger partial charge in [-0.15, -0.1) is 0 Å². The zero-order valence-electron chi connectivity index (χ0n) is 16.4. The van der Waals surface area contributed by atoms with Gasteiger partial charge in [-0.3, -0.25) is 4.79 Å². The average Bonchev–Trinajstić information content (AvgIpc) is 2.74. The molecule has 11 heteroatoms. The second kappa shape index (κ2) is 9.46. The van der Waals surface area contributed by atoms with Crippen LogP contribution in [0, 0.1) is 0 Å². The number of alkyl halides is 3. The average molecular weight is 476 g/mol. The maximum Gasteiger partial charge on any atom is 0.416 e. The van der Waals surface area contributed by atoms with E-state index < -0.39 is 27.7 Å². The molecular weight excluding hydrogens is 455 g/mol. The van der Waals surface area contributed by atoms with Gasteiger partial charge in [-0.05, 0) is 48.5 Å². The summed E-state index contributed by atoms with van der Waals surface area (Å²) in [5.74, 6) is -0.920. The van der Waals surface area contributed by atoms with Crippen molar-refractivity contribution in [2.75, 3.05) is 43.4 Å². The Morgan fingerprint density at radius 3 is 2.10 bits per heavy atom. The fourth-order valence-corrected chi connectivity index (χ4v) is 4.68. The number of carbonyl (C=O) groups excluding carboxylic acids is 1. The molecule has 0 atom stereocenters. The summed E-state index contributed by atoms with van der Waals surface area (Å²) in [5, 5.41) is 3.07. The van der Waals surface area contributed by atoms with Gasteiger partial charge in [-0.1, -0.05) is 11.6 Å². The van der Waals surface area contributed by atoms with Crippen LogP contribution >= 0.6 is 11.6 Å². The van der Waals surface area contributed by atoms with Crippen LogP contribution < -0.4 is 10.2 Å². The minimum Gasteiger partial charge on any atom is -0.369 e. The van der Waals surface area contributed by atoms with Crippen molar-refractivity contribution in [1.82, 2.24) is 9.62 Å². The Balaban J connectivity index is 1.48. The molecule has 0 radical (unpaired) electrons. The van der Waals surface area contributed by atoms with Crippen LogP contribution in [0.4, 0.5) is 18.9 Å². The Morgan fingerprint density at radius 2 is 1.55 bits per heavy atom. The highest BCUT2D eigenvalue weighted by atomic mass is 35.5. The maximum atomic E-state index is 12.6. The van der Waals surface area contributed by atoms with Crippen molar-refractivity contribution in [1.29, 1.82) is 0 Å². The molecule has 6 nitrogen and oxygen atoms in total. The van der Waals surface area contributed by atoms with E-state index in [-0.39, 0.29) is 17.9 Å². The van der Waals surface area contributed by atoms with Gasteiger partial charge in [0.1, 0.15) is 0 Å². The Hall–Kier alpha value is -2.30. The lowest BCUT2D eigenvalue weighted by Crippen LogP contribution is -2.50. The molecule has 31 heavy (non-hydrogen) atoms. The molecule has 0 aromatic heterocycles. The van der Waals surface area contributed by atoms with Crippen molar-refractivity contribution in [3.05, 3.63) is 64.7 Å². The van der Waals surface area contributed by atoms with Crippen molar-refractivity contribution >= 4 is 33.2 Å². The van der Waals surface area contributed by atoms with E-state index in [9.17, 15) is 26.4 Å². The number of amides is 1. The molecule has 3 rings (SSSR count). The SMILES string of the molecule is O=C(NCCS(=O)(=O)N1CCN(c2ccc(Cl)cc2)CC1)c1ccc(C(F)(F)F)cc1. The van der Waals surface area contributed by atoms with Crippen molar-refractivity contribution in [2.45, 2.75) is 6.18 Å². The lowest BCUT2D eigenvalue weighted by Gasteiger charge is -2.35. The number of rotatable bonds is 6. The number of hydrogen-bond donors (Lipinski definition) is 1. The first-order valence-electron chi connectivity index (χ1n) is 9.50. The van der Waals surface area contributed by atoms with E-state index in [4.69, 9.17) is 11.6 Å². The van der Waals surface area contributed by atoms with Crippen LogP contribution in [-0.4, -0.2) is 57.1 Å². The Labute approximate surface area is 183 Å². The van der Waals surface area contributed by atoms with E-state index >= 15 is 0 Å². The molecule has 1 aliphatic rings. The van der Waals surface area contributed by atoms with E-state index in [0.717, 1.165) is 30.0 Å². The molecular formula is C20H21ClF3N3O3S. The van der Waals surface area contributed by atoms with Gasteiger partial charge in [0.25, 0.3) is 5.91 Å². The van der Waals surface area contributed by atoms with Crippen LogP contribution in [0.2, 0.25) is 5.02 Å². The first kappa shape index (κ1) is 23.4. The minimum absolute atomic E-state index is 0.0296. The summed E-state index contributed by atoms with van der Waals surface area (Å²) in [6.45, 7) is 1.55. The monoisotopic (exact) mass is 475 g/mol. The summed E-state index contributed by atoms with van der Waals surface area (Å²) in [6.07, 6.45) is -4.49. The van der Waals surface area contributed by atoms with E-state index in [2.05, 4.69) is 10.2 Å². The number of anilines is 1. The topological polar surface area (TPSA) is 69.7 Å². The largest absolute Gasteiger partial charge is 0.416 e. The van der Waals surface area contributed by atoms with E-state index in [1.807, 2.05) is 12.1 Å². The van der Waals surface area contributed by atoms with Crippen molar-refractivity contribution < 1.29 is 26.4 Å². The Morgan fingerprint density at radius 1 is 0.968 bits per heavy atom. The van der Waals surface area contributed by atoms with Gasteiger partial charge in [0.05, 0.1) is 11.3 Å². The molecule has 0 saturated carbocycles. The van der Waals surface area contributed by atoms with Gasteiger partial charge in [-0.2, -0.15) is 17.5 Å². The van der Waals surface area contributed by atoms with Gasteiger partial charge < -0.3 is 10.2 Å². The fraction of sp³-hybridized carbons (Fsp3) is 0.350. The summed E-state index contributed by atoms with van der Waals surface area (Å²) in [5.41, 5.74) is 0.136. The number of carbonyl (C=O) groups is 1. The molecule has 1 amide bonds. The number of benzene rings is 2. The zero-order chi connectivity index (χ0) is 22.6. The quantitative estimate of drug-likeness (QED) is 0.696. The zero-order valence-corrected chi connectivity index (χ0v) is 18.0. The number of sulfonamides is 1. The molecule has 0 aliphatic carbocycles. The van der Waals surface area contributed by atoms with Gasteiger partial charge in [-0.25, -0.2) is 8.42 Å². The molecule has 1 saturated heterocycles. The summed E-state index contributed by atoms with van der Waals surface area (Å²) in [7, 11) is -3.58. The molecule has 0 spiro atoms. The summed E-state index contributed by atoms with van der Waals surface area (Å²) in [6, 6.07) is 11.0. The van der Waals surface area contributed by atoms with Crippen LogP contribution in [0.5, 0.6) is 0 Å². The molecule has 1 heterocycles. The minimum atomic E-state index is -4.49. The lowest BCUT2D eigenvalue weighted by atomic mass is 10.1. The third-order valence-corrected chi connectivity index (χ3v) is 7.07. The summed E-state index contributed by atoms with van der Waals surface area (Å²) in [4.78, 5) is 14.1. The third kappa shape index (κ3) is 6.11. The fourth-order valence-electron chi connectivity index (χ4n) is 3.21. The second-order valence-electron chi connectivity index (χ2n) is 7.01. The number of hydrogen-bond acceptors (Lipinski definition) is 4. The molecule has 1 fully saturated rings. The standard InChI is InChI=1S/C20H21ClF3N3O3S/c21-17-5-7-18(8-6-17)26-10-12-27(13-11-26)31(29,30)14-9-25-19(28)15-1-3-16(4-2-15)20(22,23)24/h1-8H,9-14H2,(H,25,28). The number of piperazine rings is 1. The molecule has 2 aromatic carbocycles. The van der Waals surface area contributed by atoms with Crippen molar-refractivity contribution in [2.24, 2.45) is 0 Å². The van der Waals surface area contributed by atoms with Gasteiger partial charge >= 0.3 is 6.18 Å². The van der Waals surface area contributed by atoms with Crippen molar-refractivity contribution in [3.8, 4) is 0 Å². The predicted octanol–water partition coefficient (Wildman–Crippen LogP) is 3.24. The Kier molecular flexibility index (Phi) is 7.13. The summed E-state index contributed by atoms with van der Waals surface area (Å²) >= 11 is 5.89. The summed E-state index contributed by atoms with van der Waals surface area (Å²) < 4.78 is 64.3. The normalized spacial score (nSPS) is 15.7. The van der Waals surface area contributed by atoms with Crippen LogP contribution in [0.1, 0.15) is 15.9 Å². The maximum absolute atomic E-state index is 12.6. The first-order chi connectivity index (χ1) is 14.6. The smallest absolute Gasteiger partial charge is 0.369 e. The van der Waals surface area contributed by atoms with E-state index in [1.54, 1.807) is 12.1 Å².